The lowest BCUT2D eigenvalue weighted by atomic mass is 10.0. The van der Waals surface area contributed by atoms with Crippen LogP contribution in [-0.4, -0.2) is 45.0 Å². The van der Waals surface area contributed by atoms with Gasteiger partial charge in [0, 0.05) is 12.7 Å². The molecule has 20 heavy (non-hydrogen) atoms. The van der Waals surface area contributed by atoms with E-state index in [-0.39, 0.29) is 5.69 Å². The third-order valence-corrected chi connectivity index (χ3v) is 4.08. The minimum Gasteiger partial charge on any atom is -0.477 e. The number of carboxylic acid groups (broad SMARTS) is 1. The number of rotatable bonds is 4. The normalized spacial score (nSPS) is 19.8. The molecule has 2 aromatic heterocycles. The average Bonchev–Trinajstić information content (AvgIpc) is 3.03. The third-order valence-electron chi connectivity index (χ3n) is 4.08. The Morgan fingerprint density at radius 1 is 1.50 bits per heavy atom. The zero-order valence-corrected chi connectivity index (χ0v) is 11.6. The van der Waals surface area contributed by atoms with Crippen LogP contribution in [0.25, 0.3) is 5.65 Å². The second-order valence-electron chi connectivity index (χ2n) is 5.43. The third kappa shape index (κ3) is 2.41. The summed E-state index contributed by atoms with van der Waals surface area (Å²) >= 11 is 0. The van der Waals surface area contributed by atoms with Gasteiger partial charge >= 0.3 is 5.97 Å². The Kier molecular flexibility index (Phi) is 3.44. The van der Waals surface area contributed by atoms with Crippen molar-refractivity contribution in [3.63, 3.8) is 0 Å². The van der Waals surface area contributed by atoms with E-state index in [1.807, 2.05) is 12.3 Å². The van der Waals surface area contributed by atoms with Gasteiger partial charge in [-0.1, -0.05) is 13.0 Å². The first-order chi connectivity index (χ1) is 9.67. The van der Waals surface area contributed by atoms with Gasteiger partial charge in [0.25, 0.3) is 0 Å². The largest absolute Gasteiger partial charge is 0.477 e. The van der Waals surface area contributed by atoms with E-state index in [0.717, 1.165) is 31.7 Å². The van der Waals surface area contributed by atoms with Crippen LogP contribution in [0, 0.1) is 5.92 Å². The quantitative estimate of drug-likeness (QED) is 0.924. The number of carbonyl (C=O) groups is 1. The van der Waals surface area contributed by atoms with E-state index in [2.05, 4.69) is 16.8 Å². The van der Waals surface area contributed by atoms with Crippen LogP contribution in [0.15, 0.2) is 24.4 Å². The first-order valence-electron chi connectivity index (χ1n) is 7.10. The summed E-state index contributed by atoms with van der Waals surface area (Å²) in [7, 11) is 0. The van der Waals surface area contributed by atoms with Crippen LogP contribution < -0.4 is 0 Å². The van der Waals surface area contributed by atoms with Crippen molar-refractivity contribution in [1.29, 1.82) is 0 Å². The lowest BCUT2D eigenvalue weighted by molar-refractivity contribution is 0.0689. The minimum absolute atomic E-state index is 0.267. The first kappa shape index (κ1) is 13.1. The maximum Gasteiger partial charge on any atom is 0.352 e. The predicted octanol–water partition coefficient (Wildman–Crippen LogP) is 1.92. The molecule has 2 aromatic rings. The van der Waals surface area contributed by atoms with E-state index in [9.17, 15) is 9.90 Å². The molecule has 0 radical (unpaired) electrons. The molecule has 1 atom stereocenters. The molecule has 0 aromatic carbocycles. The van der Waals surface area contributed by atoms with Gasteiger partial charge in [0.1, 0.15) is 11.3 Å². The van der Waals surface area contributed by atoms with E-state index >= 15 is 0 Å². The summed E-state index contributed by atoms with van der Waals surface area (Å²) in [6.45, 7) is 5.57. The predicted molar refractivity (Wildman–Crippen MR) is 76.1 cm³/mol. The SMILES string of the molecule is CCN1CCC(Cc2cn3c(C(=O)O)cccc3n2)C1. The molecule has 5 heteroatoms. The molecule has 0 spiro atoms. The zero-order chi connectivity index (χ0) is 14.1. The molecule has 1 fully saturated rings. The molecule has 1 unspecified atom stereocenters. The molecular weight excluding hydrogens is 254 g/mol. The number of hydrogen-bond acceptors (Lipinski definition) is 3. The van der Waals surface area contributed by atoms with Crippen LogP contribution in [0.5, 0.6) is 0 Å². The van der Waals surface area contributed by atoms with Crippen LogP contribution in [0.4, 0.5) is 0 Å². The molecule has 1 aliphatic heterocycles. The van der Waals surface area contributed by atoms with Crippen LogP contribution in [-0.2, 0) is 6.42 Å². The van der Waals surface area contributed by atoms with Crippen molar-refractivity contribution in [2.75, 3.05) is 19.6 Å². The van der Waals surface area contributed by atoms with Crippen LogP contribution >= 0.6 is 0 Å². The molecule has 0 bridgehead atoms. The Hall–Kier alpha value is -1.88. The van der Waals surface area contributed by atoms with E-state index in [1.54, 1.807) is 16.5 Å². The Balaban J connectivity index is 1.83. The van der Waals surface area contributed by atoms with Crippen molar-refractivity contribution >= 4 is 11.6 Å². The minimum atomic E-state index is -0.919. The van der Waals surface area contributed by atoms with Crippen molar-refractivity contribution in [2.24, 2.45) is 5.92 Å². The number of aromatic nitrogens is 2. The monoisotopic (exact) mass is 273 g/mol. The van der Waals surface area contributed by atoms with E-state index in [0.29, 0.717) is 11.6 Å². The summed E-state index contributed by atoms with van der Waals surface area (Å²) in [5, 5.41) is 9.19. The molecule has 1 aliphatic rings. The maximum absolute atomic E-state index is 11.2. The average molecular weight is 273 g/mol. The second-order valence-corrected chi connectivity index (χ2v) is 5.43. The molecule has 3 heterocycles. The van der Waals surface area contributed by atoms with E-state index in [1.165, 1.54) is 6.42 Å². The fraction of sp³-hybridized carbons (Fsp3) is 0.467. The Morgan fingerprint density at radius 3 is 3.05 bits per heavy atom. The second kappa shape index (κ2) is 5.25. The highest BCUT2D eigenvalue weighted by atomic mass is 16.4. The number of nitrogens with zero attached hydrogens (tertiary/aromatic N) is 3. The molecule has 0 saturated carbocycles. The highest BCUT2D eigenvalue weighted by Crippen LogP contribution is 2.21. The lowest BCUT2D eigenvalue weighted by Gasteiger charge is -2.11. The van der Waals surface area contributed by atoms with Gasteiger partial charge in [-0.15, -0.1) is 0 Å². The summed E-state index contributed by atoms with van der Waals surface area (Å²) in [4.78, 5) is 18.2. The standard InChI is InChI=1S/C15H19N3O2/c1-2-17-7-6-11(9-17)8-12-10-18-13(15(19)20)4-3-5-14(18)16-12/h3-5,10-11H,2,6-9H2,1H3,(H,19,20). The smallest absolute Gasteiger partial charge is 0.352 e. The zero-order valence-electron chi connectivity index (χ0n) is 11.6. The van der Waals surface area contributed by atoms with E-state index < -0.39 is 5.97 Å². The Labute approximate surface area is 117 Å². The number of likely N-dealkylation sites (tertiary alicyclic amines) is 1. The van der Waals surface area contributed by atoms with Gasteiger partial charge in [0.15, 0.2) is 0 Å². The molecule has 5 nitrogen and oxygen atoms in total. The summed E-state index contributed by atoms with van der Waals surface area (Å²) in [6, 6.07) is 5.20. The lowest BCUT2D eigenvalue weighted by Crippen LogP contribution is -2.20. The molecule has 1 N–H and O–H groups in total. The number of imidazole rings is 1. The van der Waals surface area contributed by atoms with Gasteiger partial charge in [-0.3, -0.25) is 4.40 Å². The molecule has 0 aliphatic carbocycles. The fourth-order valence-corrected chi connectivity index (χ4v) is 3.00. The van der Waals surface area contributed by atoms with Gasteiger partial charge in [0.2, 0.25) is 0 Å². The highest BCUT2D eigenvalue weighted by Gasteiger charge is 2.22. The topological polar surface area (TPSA) is 57.8 Å². The number of pyridine rings is 1. The summed E-state index contributed by atoms with van der Waals surface area (Å²) in [5.41, 5.74) is 1.97. The molecular formula is C15H19N3O2. The Bertz CT molecular complexity index is 635. The van der Waals surface area contributed by atoms with Crippen molar-refractivity contribution < 1.29 is 9.90 Å². The number of fused-ring (bicyclic) bond motifs is 1. The molecule has 106 valence electrons. The number of hydrogen-bond donors (Lipinski definition) is 1. The van der Waals surface area contributed by atoms with Crippen LogP contribution in [0.1, 0.15) is 29.5 Å². The fourth-order valence-electron chi connectivity index (χ4n) is 3.00. The highest BCUT2D eigenvalue weighted by molar-refractivity contribution is 5.86. The maximum atomic E-state index is 11.2. The number of aromatic carboxylic acids is 1. The van der Waals surface area contributed by atoms with Gasteiger partial charge in [-0.05, 0) is 44.0 Å². The summed E-state index contributed by atoms with van der Waals surface area (Å²) < 4.78 is 1.67. The summed E-state index contributed by atoms with van der Waals surface area (Å²) in [5.74, 6) is -0.286. The van der Waals surface area contributed by atoms with E-state index in [4.69, 9.17) is 0 Å². The van der Waals surface area contributed by atoms with Crippen LogP contribution in [0.3, 0.4) is 0 Å². The molecule has 1 saturated heterocycles. The van der Waals surface area contributed by atoms with Gasteiger partial charge < -0.3 is 10.0 Å². The van der Waals surface area contributed by atoms with Crippen molar-refractivity contribution in [1.82, 2.24) is 14.3 Å². The van der Waals surface area contributed by atoms with Crippen LogP contribution in [0.2, 0.25) is 0 Å². The van der Waals surface area contributed by atoms with Crippen molar-refractivity contribution in [2.45, 2.75) is 19.8 Å². The van der Waals surface area contributed by atoms with Crippen molar-refractivity contribution in [3.05, 3.63) is 35.8 Å². The Morgan fingerprint density at radius 2 is 2.35 bits per heavy atom. The summed E-state index contributed by atoms with van der Waals surface area (Å²) in [6.07, 6.45) is 4.00. The first-order valence-corrected chi connectivity index (χ1v) is 7.10. The molecule has 3 rings (SSSR count). The van der Waals surface area contributed by atoms with Gasteiger partial charge in [-0.25, -0.2) is 9.78 Å². The molecule has 0 amide bonds. The number of carboxylic acids is 1. The van der Waals surface area contributed by atoms with Gasteiger partial charge in [-0.2, -0.15) is 0 Å². The van der Waals surface area contributed by atoms with Crippen molar-refractivity contribution in [3.8, 4) is 0 Å². The van der Waals surface area contributed by atoms with Gasteiger partial charge in [0.05, 0.1) is 5.69 Å².